The molecule has 4 nitrogen and oxygen atoms in total. The fourth-order valence-electron chi connectivity index (χ4n) is 2.28. The zero-order chi connectivity index (χ0) is 13.4. The largest absolute Gasteiger partial charge is 0.334 e. The van der Waals surface area contributed by atoms with Crippen molar-refractivity contribution in [3.63, 3.8) is 0 Å². The van der Waals surface area contributed by atoms with Crippen LogP contribution in [-0.2, 0) is 4.79 Å². The van der Waals surface area contributed by atoms with Crippen molar-refractivity contribution < 1.29 is 4.79 Å². The minimum atomic E-state index is 0.149. The van der Waals surface area contributed by atoms with E-state index < -0.39 is 0 Å². The van der Waals surface area contributed by atoms with E-state index in [0.29, 0.717) is 25.7 Å². The standard InChI is InChI=1S/C14H25N3O/c1-4-10-17(11-5-2)14(18)12-16(3)13-6-8-15-9-7-13/h4-5,13,15H,1-2,6-12H2,3H3. The number of hydrogen-bond acceptors (Lipinski definition) is 3. The number of carbonyl (C=O) groups excluding carboxylic acids is 1. The summed E-state index contributed by atoms with van der Waals surface area (Å²) in [6, 6.07) is 0.518. The second kappa shape index (κ2) is 8.06. The van der Waals surface area contributed by atoms with Gasteiger partial charge in [-0.2, -0.15) is 0 Å². The van der Waals surface area contributed by atoms with Crippen LogP contribution in [0.3, 0.4) is 0 Å². The highest BCUT2D eigenvalue weighted by molar-refractivity contribution is 5.78. The summed E-state index contributed by atoms with van der Waals surface area (Å²) in [7, 11) is 2.04. The maximum atomic E-state index is 12.1. The van der Waals surface area contributed by atoms with Crippen molar-refractivity contribution in [3.8, 4) is 0 Å². The molecule has 1 N–H and O–H groups in total. The number of rotatable bonds is 7. The molecule has 0 aromatic carbocycles. The van der Waals surface area contributed by atoms with Gasteiger partial charge >= 0.3 is 0 Å². The van der Waals surface area contributed by atoms with E-state index in [4.69, 9.17) is 0 Å². The molecule has 1 amide bonds. The molecule has 18 heavy (non-hydrogen) atoms. The topological polar surface area (TPSA) is 35.6 Å². The van der Waals surface area contributed by atoms with Crippen molar-refractivity contribution in [3.05, 3.63) is 25.3 Å². The Morgan fingerprint density at radius 3 is 2.33 bits per heavy atom. The Kier molecular flexibility index (Phi) is 6.68. The first-order valence-corrected chi connectivity index (χ1v) is 6.59. The van der Waals surface area contributed by atoms with Crippen LogP contribution < -0.4 is 5.32 Å². The molecule has 0 spiro atoms. The molecule has 0 unspecified atom stereocenters. The van der Waals surface area contributed by atoms with Crippen LogP contribution in [0.1, 0.15) is 12.8 Å². The van der Waals surface area contributed by atoms with Gasteiger partial charge < -0.3 is 10.2 Å². The molecule has 1 heterocycles. The molecule has 0 aromatic heterocycles. The third-order valence-corrected chi connectivity index (χ3v) is 3.37. The second-order valence-electron chi connectivity index (χ2n) is 4.77. The lowest BCUT2D eigenvalue weighted by Gasteiger charge is -2.32. The summed E-state index contributed by atoms with van der Waals surface area (Å²) < 4.78 is 0. The number of nitrogens with zero attached hydrogens (tertiary/aromatic N) is 2. The molecule has 0 saturated carbocycles. The second-order valence-corrected chi connectivity index (χ2v) is 4.77. The lowest BCUT2D eigenvalue weighted by Crippen LogP contribution is -2.46. The van der Waals surface area contributed by atoms with Gasteiger partial charge in [0, 0.05) is 19.1 Å². The Bertz CT molecular complexity index is 275. The molecule has 1 aliphatic heterocycles. The van der Waals surface area contributed by atoms with Crippen LogP contribution in [0.2, 0.25) is 0 Å². The fraction of sp³-hybridized carbons (Fsp3) is 0.643. The van der Waals surface area contributed by atoms with Crippen molar-refractivity contribution in [1.29, 1.82) is 0 Å². The predicted octanol–water partition coefficient (Wildman–Crippen LogP) is 0.871. The van der Waals surface area contributed by atoms with Gasteiger partial charge in [-0.3, -0.25) is 9.69 Å². The molecule has 1 fully saturated rings. The van der Waals surface area contributed by atoms with E-state index in [1.807, 2.05) is 7.05 Å². The first kappa shape index (κ1) is 14.9. The highest BCUT2D eigenvalue weighted by atomic mass is 16.2. The molecule has 0 atom stereocenters. The molecule has 1 rings (SSSR count). The Hall–Kier alpha value is -1.13. The number of amides is 1. The van der Waals surface area contributed by atoms with Crippen molar-refractivity contribution in [2.45, 2.75) is 18.9 Å². The van der Waals surface area contributed by atoms with E-state index in [1.165, 1.54) is 0 Å². The van der Waals surface area contributed by atoms with Crippen LogP contribution in [-0.4, -0.2) is 61.5 Å². The maximum absolute atomic E-state index is 12.1. The summed E-state index contributed by atoms with van der Waals surface area (Å²) in [4.78, 5) is 16.1. The SMILES string of the molecule is C=CCN(CC=C)C(=O)CN(C)C1CCNCC1. The molecular formula is C14H25N3O. The van der Waals surface area contributed by atoms with E-state index in [9.17, 15) is 4.79 Å². The zero-order valence-corrected chi connectivity index (χ0v) is 11.4. The molecule has 0 bridgehead atoms. The van der Waals surface area contributed by atoms with Crippen molar-refractivity contribution >= 4 is 5.91 Å². The number of hydrogen-bond donors (Lipinski definition) is 1. The Morgan fingerprint density at radius 2 is 1.83 bits per heavy atom. The monoisotopic (exact) mass is 251 g/mol. The smallest absolute Gasteiger partial charge is 0.237 e. The Balaban J connectivity index is 2.44. The quantitative estimate of drug-likeness (QED) is 0.682. The van der Waals surface area contributed by atoms with Gasteiger partial charge in [0.2, 0.25) is 5.91 Å². The third-order valence-electron chi connectivity index (χ3n) is 3.37. The first-order chi connectivity index (χ1) is 8.69. The fourth-order valence-corrected chi connectivity index (χ4v) is 2.28. The third kappa shape index (κ3) is 4.63. The average molecular weight is 251 g/mol. The molecule has 1 saturated heterocycles. The molecule has 4 heteroatoms. The molecule has 102 valence electrons. The molecule has 1 aliphatic rings. The van der Waals surface area contributed by atoms with Crippen LogP contribution in [0.25, 0.3) is 0 Å². The Labute approximate surface area is 110 Å². The highest BCUT2D eigenvalue weighted by Crippen LogP contribution is 2.09. The normalized spacial score (nSPS) is 16.6. The molecular weight excluding hydrogens is 226 g/mol. The van der Waals surface area contributed by atoms with Gasteiger partial charge in [-0.15, -0.1) is 13.2 Å². The van der Waals surface area contributed by atoms with Gasteiger partial charge in [-0.05, 0) is 33.0 Å². The Morgan fingerprint density at radius 1 is 1.28 bits per heavy atom. The number of piperidine rings is 1. The molecule has 0 aliphatic carbocycles. The van der Waals surface area contributed by atoms with Crippen molar-refractivity contribution in [1.82, 2.24) is 15.1 Å². The zero-order valence-electron chi connectivity index (χ0n) is 11.4. The summed E-state index contributed by atoms with van der Waals surface area (Å²) in [5.74, 6) is 0.149. The summed E-state index contributed by atoms with van der Waals surface area (Å²) in [5.41, 5.74) is 0. The summed E-state index contributed by atoms with van der Waals surface area (Å²) in [5, 5.41) is 3.34. The number of carbonyl (C=O) groups is 1. The first-order valence-electron chi connectivity index (χ1n) is 6.59. The van der Waals surface area contributed by atoms with Gasteiger partial charge in [0.05, 0.1) is 6.54 Å². The number of likely N-dealkylation sites (N-methyl/N-ethyl adjacent to an activating group) is 1. The lowest BCUT2D eigenvalue weighted by atomic mass is 10.1. The van der Waals surface area contributed by atoms with Gasteiger partial charge in [0.15, 0.2) is 0 Å². The lowest BCUT2D eigenvalue weighted by molar-refractivity contribution is -0.131. The van der Waals surface area contributed by atoms with E-state index in [-0.39, 0.29) is 5.91 Å². The van der Waals surface area contributed by atoms with Gasteiger partial charge in [-0.25, -0.2) is 0 Å². The maximum Gasteiger partial charge on any atom is 0.237 e. The van der Waals surface area contributed by atoms with E-state index in [2.05, 4.69) is 23.4 Å². The van der Waals surface area contributed by atoms with E-state index >= 15 is 0 Å². The van der Waals surface area contributed by atoms with Crippen LogP contribution in [0.5, 0.6) is 0 Å². The van der Waals surface area contributed by atoms with Crippen molar-refractivity contribution in [2.75, 3.05) is 39.8 Å². The summed E-state index contributed by atoms with van der Waals surface area (Å²) in [6.07, 6.45) is 5.75. The van der Waals surface area contributed by atoms with Gasteiger partial charge in [-0.1, -0.05) is 12.2 Å². The molecule has 0 radical (unpaired) electrons. The van der Waals surface area contributed by atoms with E-state index in [1.54, 1.807) is 17.1 Å². The van der Waals surface area contributed by atoms with Crippen molar-refractivity contribution in [2.24, 2.45) is 0 Å². The minimum Gasteiger partial charge on any atom is -0.334 e. The summed E-state index contributed by atoms with van der Waals surface area (Å²) in [6.45, 7) is 11.1. The highest BCUT2D eigenvalue weighted by Gasteiger charge is 2.21. The minimum absolute atomic E-state index is 0.149. The predicted molar refractivity (Wildman–Crippen MR) is 75.5 cm³/mol. The van der Waals surface area contributed by atoms with Crippen LogP contribution >= 0.6 is 0 Å². The van der Waals surface area contributed by atoms with Crippen LogP contribution in [0.4, 0.5) is 0 Å². The van der Waals surface area contributed by atoms with Crippen LogP contribution in [0, 0.1) is 0 Å². The van der Waals surface area contributed by atoms with Gasteiger partial charge in [0.25, 0.3) is 0 Å². The van der Waals surface area contributed by atoms with Crippen LogP contribution in [0.15, 0.2) is 25.3 Å². The number of nitrogens with one attached hydrogen (secondary N) is 1. The molecule has 0 aromatic rings. The van der Waals surface area contributed by atoms with Gasteiger partial charge in [0.1, 0.15) is 0 Å². The van der Waals surface area contributed by atoms with E-state index in [0.717, 1.165) is 25.9 Å². The summed E-state index contributed by atoms with van der Waals surface area (Å²) >= 11 is 0. The average Bonchev–Trinajstić information content (AvgIpc) is 2.39.